The van der Waals surface area contributed by atoms with Gasteiger partial charge in [0.2, 0.25) is 5.91 Å². The van der Waals surface area contributed by atoms with Crippen LogP contribution in [0.15, 0.2) is 51.4 Å². The Morgan fingerprint density at radius 3 is 2.52 bits per heavy atom. The maximum atomic E-state index is 10.8. The normalized spacial score (nSPS) is 10.7. The van der Waals surface area contributed by atoms with Crippen molar-refractivity contribution in [3.05, 3.63) is 62.5 Å². The van der Waals surface area contributed by atoms with E-state index in [1.165, 1.54) is 6.08 Å². The summed E-state index contributed by atoms with van der Waals surface area (Å²) in [5, 5.41) is 0. The van der Waals surface area contributed by atoms with Crippen molar-refractivity contribution in [1.82, 2.24) is 0 Å². The quantitative estimate of drug-likeness (QED) is 0.681. The molecule has 0 aliphatic heterocycles. The molecule has 0 aliphatic rings. The number of rotatable bonds is 6. The van der Waals surface area contributed by atoms with E-state index in [0.717, 1.165) is 20.1 Å². The minimum atomic E-state index is -0.504. The lowest BCUT2D eigenvalue weighted by molar-refractivity contribution is -0.113. The van der Waals surface area contributed by atoms with Crippen LogP contribution in [0, 0.1) is 0 Å². The zero-order valence-electron chi connectivity index (χ0n) is 12.4. The average molecular weight is 441 g/mol. The van der Waals surface area contributed by atoms with Crippen LogP contribution in [0.1, 0.15) is 11.1 Å². The van der Waals surface area contributed by atoms with E-state index in [2.05, 4.69) is 31.9 Å². The predicted octanol–water partition coefficient (Wildman–Crippen LogP) is 4.30. The van der Waals surface area contributed by atoms with Gasteiger partial charge in [-0.2, -0.15) is 0 Å². The number of halogens is 2. The molecule has 0 aliphatic carbocycles. The Kier molecular flexibility index (Phi) is 6.24. The number of nitrogens with two attached hydrogens (primary N) is 1. The maximum absolute atomic E-state index is 10.8. The lowest BCUT2D eigenvalue weighted by atomic mass is 10.2. The molecule has 1 amide bonds. The fraction of sp³-hybridized carbons (Fsp3) is 0.118. The molecule has 0 aromatic heterocycles. The summed E-state index contributed by atoms with van der Waals surface area (Å²) in [6, 6.07) is 11.5. The van der Waals surface area contributed by atoms with Crippen molar-refractivity contribution in [2.45, 2.75) is 6.61 Å². The summed E-state index contributed by atoms with van der Waals surface area (Å²) in [6.07, 6.45) is 2.91. The topological polar surface area (TPSA) is 61.5 Å². The van der Waals surface area contributed by atoms with Gasteiger partial charge in [-0.1, -0.05) is 28.1 Å². The number of benzene rings is 2. The molecule has 0 spiro atoms. The van der Waals surface area contributed by atoms with E-state index in [4.69, 9.17) is 15.2 Å². The molecule has 4 nitrogen and oxygen atoms in total. The van der Waals surface area contributed by atoms with Crippen LogP contribution in [-0.4, -0.2) is 13.0 Å². The molecule has 0 heterocycles. The van der Waals surface area contributed by atoms with Crippen molar-refractivity contribution < 1.29 is 14.3 Å². The molecule has 0 bridgehead atoms. The molecule has 2 N–H and O–H groups in total. The molecular weight excluding hydrogens is 426 g/mol. The lowest BCUT2D eigenvalue weighted by Gasteiger charge is -2.13. The van der Waals surface area contributed by atoms with Gasteiger partial charge in [0.15, 0.2) is 11.5 Å². The minimum Gasteiger partial charge on any atom is -0.493 e. The first-order valence-corrected chi connectivity index (χ1v) is 8.30. The number of methoxy groups -OCH3 is 1. The molecule has 0 unspecified atom stereocenters. The third-order valence-corrected chi connectivity index (χ3v) is 4.11. The van der Waals surface area contributed by atoms with E-state index in [0.29, 0.717) is 18.1 Å². The van der Waals surface area contributed by atoms with Crippen LogP contribution in [0.5, 0.6) is 11.5 Å². The highest BCUT2D eigenvalue weighted by Gasteiger charge is 2.11. The second kappa shape index (κ2) is 8.17. The fourth-order valence-corrected chi connectivity index (χ4v) is 2.73. The first-order chi connectivity index (χ1) is 11.0. The van der Waals surface area contributed by atoms with Gasteiger partial charge in [-0.15, -0.1) is 0 Å². The van der Waals surface area contributed by atoms with Crippen molar-refractivity contribution in [1.29, 1.82) is 0 Å². The van der Waals surface area contributed by atoms with Gasteiger partial charge in [0.25, 0.3) is 0 Å². The van der Waals surface area contributed by atoms with Gasteiger partial charge in [0, 0.05) is 10.5 Å². The fourth-order valence-electron chi connectivity index (χ4n) is 1.89. The Balaban J connectivity index is 2.20. The molecule has 2 rings (SSSR count). The molecule has 0 saturated carbocycles. The Bertz CT molecular complexity index is 727. The highest BCUT2D eigenvalue weighted by atomic mass is 79.9. The first kappa shape index (κ1) is 17.6. The van der Waals surface area contributed by atoms with Gasteiger partial charge in [0.1, 0.15) is 6.61 Å². The Labute approximate surface area is 151 Å². The van der Waals surface area contributed by atoms with E-state index in [1.54, 1.807) is 19.3 Å². The average Bonchev–Trinajstić information content (AvgIpc) is 2.53. The highest BCUT2D eigenvalue weighted by molar-refractivity contribution is 9.10. The molecule has 2 aromatic carbocycles. The van der Waals surface area contributed by atoms with Crippen LogP contribution in [-0.2, 0) is 11.4 Å². The van der Waals surface area contributed by atoms with Crippen LogP contribution in [0.2, 0.25) is 0 Å². The summed E-state index contributed by atoms with van der Waals surface area (Å²) in [7, 11) is 1.57. The number of hydrogen-bond donors (Lipinski definition) is 1. The van der Waals surface area contributed by atoms with Gasteiger partial charge in [-0.05, 0) is 57.4 Å². The molecule has 0 atom stereocenters. The molecule has 0 saturated heterocycles. The molecule has 0 fully saturated rings. The first-order valence-electron chi connectivity index (χ1n) is 6.72. The van der Waals surface area contributed by atoms with Gasteiger partial charge in [-0.3, -0.25) is 4.79 Å². The van der Waals surface area contributed by atoms with Crippen molar-refractivity contribution in [3.8, 4) is 11.5 Å². The zero-order valence-corrected chi connectivity index (χ0v) is 15.6. The van der Waals surface area contributed by atoms with Crippen LogP contribution < -0.4 is 15.2 Å². The number of hydrogen-bond acceptors (Lipinski definition) is 3. The summed E-state index contributed by atoms with van der Waals surface area (Å²) in [4.78, 5) is 10.8. The minimum absolute atomic E-state index is 0.415. The van der Waals surface area contributed by atoms with Gasteiger partial charge in [0.05, 0.1) is 11.6 Å². The van der Waals surface area contributed by atoms with E-state index in [1.807, 2.05) is 30.3 Å². The summed E-state index contributed by atoms with van der Waals surface area (Å²) < 4.78 is 13.0. The summed E-state index contributed by atoms with van der Waals surface area (Å²) >= 11 is 6.87. The Morgan fingerprint density at radius 2 is 1.91 bits per heavy atom. The summed E-state index contributed by atoms with van der Waals surface area (Å²) in [5.41, 5.74) is 6.93. The van der Waals surface area contributed by atoms with Crippen LogP contribution in [0.25, 0.3) is 6.08 Å². The van der Waals surface area contributed by atoms with Gasteiger partial charge in [-0.25, -0.2) is 0 Å². The summed E-state index contributed by atoms with van der Waals surface area (Å²) in [6.45, 7) is 0.415. The van der Waals surface area contributed by atoms with Crippen LogP contribution >= 0.6 is 31.9 Å². The smallest absolute Gasteiger partial charge is 0.241 e. The second-order valence-electron chi connectivity index (χ2n) is 4.68. The Hall–Kier alpha value is -1.79. The van der Waals surface area contributed by atoms with E-state index in [9.17, 15) is 4.79 Å². The number of carbonyl (C=O) groups excluding carboxylic acids is 1. The highest BCUT2D eigenvalue weighted by Crippen LogP contribution is 2.37. The van der Waals surface area contributed by atoms with Gasteiger partial charge >= 0.3 is 0 Å². The van der Waals surface area contributed by atoms with E-state index in [-0.39, 0.29) is 0 Å². The second-order valence-corrected chi connectivity index (χ2v) is 6.45. The third-order valence-electron chi connectivity index (χ3n) is 2.99. The van der Waals surface area contributed by atoms with Crippen molar-refractivity contribution in [2.75, 3.05) is 7.11 Å². The molecule has 120 valence electrons. The molecular formula is C17H15Br2NO3. The van der Waals surface area contributed by atoms with Crippen molar-refractivity contribution >= 4 is 43.8 Å². The number of ether oxygens (including phenoxy) is 2. The standard InChI is InChI=1S/C17H15Br2NO3/c1-22-15-9-12(4-7-16(20)21)8-14(19)17(15)23-10-11-2-5-13(18)6-3-11/h2-9H,10H2,1H3,(H2,20,21)/b7-4+. The zero-order chi connectivity index (χ0) is 16.8. The van der Waals surface area contributed by atoms with Crippen LogP contribution in [0.3, 0.4) is 0 Å². The number of primary amides is 1. The number of carbonyl (C=O) groups is 1. The van der Waals surface area contributed by atoms with Crippen molar-refractivity contribution in [2.24, 2.45) is 5.73 Å². The van der Waals surface area contributed by atoms with E-state index >= 15 is 0 Å². The Morgan fingerprint density at radius 1 is 1.22 bits per heavy atom. The molecule has 0 radical (unpaired) electrons. The van der Waals surface area contributed by atoms with Crippen molar-refractivity contribution in [3.63, 3.8) is 0 Å². The lowest BCUT2D eigenvalue weighted by Crippen LogP contribution is -2.05. The maximum Gasteiger partial charge on any atom is 0.241 e. The predicted molar refractivity (Wildman–Crippen MR) is 97.4 cm³/mol. The summed E-state index contributed by atoms with van der Waals surface area (Å²) in [5.74, 6) is 0.669. The monoisotopic (exact) mass is 439 g/mol. The molecule has 23 heavy (non-hydrogen) atoms. The largest absolute Gasteiger partial charge is 0.493 e. The SMILES string of the molecule is COc1cc(/C=C/C(N)=O)cc(Br)c1OCc1ccc(Br)cc1. The third kappa shape index (κ3) is 5.11. The molecule has 6 heteroatoms. The number of amides is 1. The molecule has 2 aromatic rings. The van der Waals surface area contributed by atoms with E-state index < -0.39 is 5.91 Å². The van der Waals surface area contributed by atoms with Gasteiger partial charge < -0.3 is 15.2 Å². The van der Waals surface area contributed by atoms with Crippen LogP contribution in [0.4, 0.5) is 0 Å².